The second-order valence-electron chi connectivity index (χ2n) is 7.04. The Morgan fingerprint density at radius 2 is 1.62 bits per heavy atom. The van der Waals surface area contributed by atoms with Crippen molar-refractivity contribution in [3.63, 3.8) is 0 Å². The molecule has 0 spiro atoms. The number of nitrogens with two attached hydrogens (primary N) is 1. The fourth-order valence-electron chi connectivity index (χ4n) is 3.08. The van der Waals surface area contributed by atoms with Crippen molar-refractivity contribution in [3.05, 3.63) is 101 Å². The SMILES string of the molecule is NC(=O)COc1ccc(C=C2SC(=Nc3ccccc3)N(Cc3ccccc3)C2=O)cc1. The van der Waals surface area contributed by atoms with Crippen LogP contribution in [0.3, 0.4) is 0 Å². The maximum atomic E-state index is 13.2. The molecule has 32 heavy (non-hydrogen) atoms. The summed E-state index contributed by atoms with van der Waals surface area (Å²) >= 11 is 1.35. The van der Waals surface area contributed by atoms with E-state index in [4.69, 9.17) is 15.5 Å². The summed E-state index contributed by atoms with van der Waals surface area (Å²) in [6.45, 7) is 0.262. The number of hydrogen-bond acceptors (Lipinski definition) is 5. The summed E-state index contributed by atoms with van der Waals surface area (Å²) in [6.07, 6.45) is 1.83. The Kier molecular flexibility index (Phi) is 6.67. The zero-order valence-electron chi connectivity index (χ0n) is 17.2. The van der Waals surface area contributed by atoms with Crippen LogP contribution in [-0.4, -0.2) is 28.5 Å². The molecule has 1 aliphatic heterocycles. The second kappa shape index (κ2) is 9.98. The molecule has 1 saturated heterocycles. The van der Waals surface area contributed by atoms with Gasteiger partial charge in [-0.25, -0.2) is 4.99 Å². The first-order valence-electron chi connectivity index (χ1n) is 9.99. The molecule has 1 fully saturated rings. The molecule has 160 valence electrons. The molecular formula is C25H21N3O3S. The van der Waals surface area contributed by atoms with E-state index in [0.717, 1.165) is 16.8 Å². The van der Waals surface area contributed by atoms with E-state index in [1.165, 1.54) is 11.8 Å². The first kappa shape index (κ1) is 21.4. The Bertz CT molecular complexity index is 1160. The minimum Gasteiger partial charge on any atom is -0.484 e. The molecule has 0 atom stereocenters. The van der Waals surface area contributed by atoms with Gasteiger partial charge in [-0.3, -0.25) is 14.5 Å². The van der Waals surface area contributed by atoms with Crippen molar-refractivity contribution in [2.75, 3.05) is 6.61 Å². The minimum atomic E-state index is -0.534. The van der Waals surface area contributed by atoms with Crippen molar-refractivity contribution < 1.29 is 14.3 Å². The lowest BCUT2D eigenvalue weighted by molar-refractivity contribution is -0.122. The van der Waals surface area contributed by atoms with Gasteiger partial charge in [-0.1, -0.05) is 60.7 Å². The Hall–Kier alpha value is -3.84. The van der Waals surface area contributed by atoms with Crippen LogP contribution in [0.5, 0.6) is 5.75 Å². The highest BCUT2D eigenvalue weighted by Crippen LogP contribution is 2.35. The molecule has 0 radical (unpaired) electrons. The Labute approximate surface area is 190 Å². The molecular weight excluding hydrogens is 422 g/mol. The van der Waals surface area contributed by atoms with Crippen LogP contribution >= 0.6 is 11.8 Å². The summed E-state index contributed by atoms with van der Waals surface area (Å²) in [5.41, 5.74) is 7.76. The Balaban J connectivity index is 1.59. The summed E-state index contributed by atoms with van der Waals surface area (Å²) < 4.78 is 5.29. The molecule has 0 aliphatic carbocycles. The molecule has 0 bridgehead atoms. The highest BCUT2D eigenvalue weighted by Gasteiger charge is 2.33. The van der Waals surface area contributed by atoms with Crippen molar-refractivity contribution in [3.8, 4) is 5.75 Å². The van der Waals surface area contributed by atoms with E-state index < -0.39 is 5.91 Å². The minimum absolute atomic E-state index is 0.0948. The van der Waals surface area contributed by atoms with Gasteiger partial charge >= 0.3 is 0 Å². The number of aliphatic imine (C=N–C) groups is 1. The van der Waals surface area contributed by atoms with Crippen molar-refractivity contribution in [1.29, 1.82) is 0 Å². The van der Waals surface area contributed by atoms with Gasteiger partial charge in [-0.15, -0.1) is 0 Å². The van der Waals surface area contributed by atoms with Crippen LogP contribution in [0.15, 0.2) is 94.8 Å². The third-order valence-electron chi connectivity index (χ3n) is 4.61. The van der Waals surface area contributed by atoms with E-state index in [-0.39, 0.29) is 12.5 Å². The number of para-hydroxylation sites is 1. The van der Waals surface area contributed by atoms with Crippen LogP contribution in [-0.2, 0) is 16.1 Å². The van der Waals surface area contributed by atoms with E-state index in [0.29, 0.717) is 22.4 Å². The monoisotopic (exact) mass is 443 g/mol. The van der Waals surface area contributed by atoms with Crippen LogP contribution in [0.4, 0.5) is 5.69 Å². The van der Waals surface area contributed by atoms with Gasteiger partial charge in [0.25, 0.3) is 11.8 Å². The standard InChI is InChI=1S/C25H21N3O3S/c26-23(29)17-31-21-13-11-18(12-14-21)15-22-24(30)28(16-19-7-3-1-4-8-19)25(32-22)27-20-9-5-2-6-10-20/h1-15H,16-17H2,(H2,26,29). The van der Waals surface area contributed by atoms with Crippen molar-refractivity contribution in [2.45, 2.75) is 6.54 Å². The van der Waals surface area contributed by atoms with Crippen molar-refractivity contribution in [2.24, 2.45) is 10.7 Å². The van der Waals surface area contributed by atoms with Crippen molar-refractivity contribution in [1.82, 2.24) is 4.90 Å². The number of hydrogen-bond donors (Lipinski definition) is 1. The van der Waals surface area contributed by atoms with E-state index in [1.807, 2.05) is 78.9 Å². The Morgan fingerprint density at radius 1 is 0.969 bits per heavy atom. The summed E-state index contributed by atoms with van der Waals surface area (Å²) in [7, 11) is 0. The number of primary amides is 1. The maximum Gasteiger partial charge on any atom is 0.267 e. The number of amidine groups is 1. The first-order valence-corrected chi connectivity index (χ1v) is 10.8. The molecule has 2 amide bonds. The van der Waals surface area contributed by atoms with Gasteiger partial charge < -0.3 is 10.5 Å². The largest absolute Gasteiger partial charge is 0.484 e. The quantitative estimate of drug-likeness (QED) is 0.550. The highest BCUT2D eigenvalue weighted by molar-refractivity contribution is 8.18. The average molecular weight is 444 g/mol. The van der Waals surface area contributed by atoms with Crippen LogP contribution < -0.4 is 10.5 Å². The van der Waals surface area contributed by atoms with Crippen LogP contribution in [0.1, 0.15) is 11.1 Å². The van der Waals surface area contributed by atoms with E-state index in [1.54, 1.807) is 17.0 Å². The maximum absolute atomic E-state index is 13.2. The van der Waals surface area contributed by atoms with E-state index in [2.05, 4.69) is 0 Å². The molecule has 7 heteroatoms. The fraction of sp³-hybridized carbons (Fsp3) is 0.0800. The van der Waals surface area contributed by atoms with Crippen LogP contribution in [0.2, 0.25) is 0 Å². The average Bonchev–Trinajstić information content (AvgIpc) is 3.09. The van der Waals surface area contributed by atoms with Gasteiger partial charge in [0, 0.05) is 0 Å². The van der Waals surface area contributed by atoms with Gasteiger partial charge in [0.05, 0.1) is 17.1 Å². The smallest absolute Gasteiger partial charge is 0.267 e. The predicted octanol–water partition coefficient (Wildman–Crippen LogP) is 4.35. The zero-order chi connectivity index (χ0) is 22.3. The summed E-state index contributed by atoms with van der Waals surface area (Å²) in [6, 6.07) is 26.5. The lowest BCUT2D eigenvalue weighted by atomic mass is 10.2. The topological polar surface area (TPSA) is 85.0 Å². The van der Waals surface area contributed by atoms with Gasteiger partial charge in [-0.2, -0.15) is 0 Å². The van der Waals surface area contributed by atoms with E-state index in [9.17, 15) is 9.59 Å². The van der Waals surface area contributed by atoms with Gasteiger partial charge in [-0.05, 0) is 53.2 Å². The third kappa shape index (κ3) is 5.44. The molecule has 3 aromatic rings. The first-order chi connectivity index (χ1) is 15.6. The molecule has 0 aromatic heterocycles. The van der Waals surface area contributed by atoms with Crippen molar-refractivity contribution >= 4 is 40.5 Å². The lowest BCUT2D eigenvalue weighted by Gasteiger charge is -2.15. The zero-order valence-corrected chi connectivity index (χ0v) is 18.0. The molecule has 0 unspecified atom stereocenters. The number of rotatable bonds is 7. The molecule has 2 N–H and O–H groups in total. The summed E-state index contributed by atoms with van der Waals surface area (Å²) in [4.78, 5) is 31.1. The molecule has 0 saturated carbocycles. The normalized spacial score (nSPS) is 16.0. The highest BCUT2D eigenvalue weighted by atomic mass is 32.2. The number of benzene rings is 3. The molecule has 6 nitrogen and oxygen atoms in total. The molecule has 3 aromatic carbocycles. The summed E-state index contributed by atoms with van der Waals surface area (Å²) in [5, 5.41) is 0.637. The number of carbonyl (C=O) groups is 2. The third-order valence-corrected chi connectivity index (χ3v) is 5.62. The van der Waals surface area contributed by atoms with Gasteiger partial charge in [0.15, 0.2) is 11.8 Å². The number of nitrogens with zero attached hydrogens (tertiary/aromatic N) is 2. The molecule has 1 heterocycles. The van der Waals surface area contributed by atoms with Crippen LogP contribution in [0, 0.1) is 0 Å². The second-order valence-corrected chi connectivity index (χ2v) is 8.05. The summed E-state index contributed by atoms with van der Waals surface area (Å²) in [5.74, 6) is -0.0936. The van der Waals surface area contributed by atoms with Crippen LogP contribution in [0.25, 0.3) is 6.08 Å². The van der Waals surface area contributed by atoms with E-state index >= 15 is 0 Å². The molecule has 1 aliphatic rings. The molecule has 4 rings (SSSR count). The number of amides is 2. The fourth-order valence-corrected chi connectivity index (χ4v) is 4.07. The predicted molar refractivity (Wildman–Crippen MR) is 127 cm³/mol. The number of carbonyl (C=O) groups excluding carboxylic acids is 2. The Morgan fingerprint density at radius 3 is 2.28 bits per heavy atom. The number of ether oxygens (including phenoxy) is 1. The van der Waals surface area contributed by atoms with Gasteiger partial charge in [0.2, 0.25) is 0 Å². The lowest BCUT2D eigenvalue weighted by Crippen LogP contribution is -2.28. The number of thioether (sulfide) groups is 1. The van der Waals surface area contributed by atoms with Gasteiger partial charge in [0.1, 0.15) is 5.75 Å².